The van der Waals surface area contributed by atoms with Crippen LogP contribution in [0.2, 0.25) is 5.15 Å². The van der Waals surface area contributed by atoms with Crippen LogP contribution in [-0.2, 0) is 6.42 Å². The highest BCUT2D eigenvalue weighted by Gasteiger charge is 2.16. The maximum Gasteiger partial charge on any atom is 0.336 e. The minimum atomic E-state index is -1.03. The van der Waals surface area contributed by atoms with E-state index in [1.807, 2.05) is 6.92 Å². The Morgan fingerprint density at radius 1 is 1.24 bits per heavy atom. The summed E-state index contributed by atoms with van der Waals surface area (Å²) in [5.41, 5.74) is 1.44. The molecule has 2 rings (SSSR count). The predicted molar refractivity (Wildman–Crippen MR) is 80.0 cm³/mol. The summed E-state index contributed by atoms with van der Waals surface area (Å²) >= 11 is 5.87. The van der Waals surface area contributed by atoms with Crippen molar-refractivity contribution in [2.45, 2.75) is 13.3 Å². The fourth-order valence-corrected chi connectivity index (χ4v) is 2.24. The molecule has 1 aromatic heterocycles. The van der Waals surface area contributed by atoms with Gasteiger partial charge in [-0.05, 0) is 36.2 Å². The van der Waals surface area contributed by atoms with Gasteiger partial charge in [-0.2, -0.15) is 0 Å². The normalized spacial score (nSPS) is 10.2. The Hall–Kier alpha value is -2.40. The second-order valence-corrected chi connectivity index (χ2v) is 4.64. The number of amides is 1. The van der Waals surface area contributed by atoms with Crippen molar-refractivity contribution < 1.29 is 14.7 Å². The average molecular weight is 305 g/mol. The van der Waals surface area contributed by atoms with Crippen LogP contribution < -0.4 is 5.32 Å². The lowest BCUT2D eigenvalue weighted by atomic mass is 10.0. The number of aromatic carboxylic acids is 1. The summed E-state index contributed by atoms with van der Waals surface area (Å²) in [7, 11) is 0. The third kappa shape index (κ3) is 3.20. The lowest BCUT2D eigenvalue weighted by molar-refractivity contribution is 0.0695. The number of nitrogens with one attached hydrogen (secondary N) is 1. The van der Waals surface area contributed by atoms with Crippen LogP contribution in [0.1, 0.15) is 33.2 Å². The van der Waals surface area contributed by atoms with Crippen LogP contribution in [0, 0.1) is 0 Å². The second-order valence-electron chi connectivity index (χ2n) is 4.29. The summed E-state index contributed by atoms with van der Waals surface area (Å²) < 4.78 is 0. The SMILES string of the molecule is CCc1c(NC(=O)c2cccnc2Cl)cccc1C(=O)O. The third-order valence-corrected chi connectivity index (χ3v) is 3.31. The second kappa shape index (κ2) is 6.37. The van der Waals surface area contributed by atoms with Gasteiger partial charge in [-0.25, -0.2) is 9.78 Å². The summed E-state index contributed by atoms with van der Waals surface area (Å²) in [6, 6.07) is 7.91. The lowest BCUT2D eigenvalue weighted by Gasteiger charge is -2.12. The number of carboxylic acids is 1. The Morgan fingerprint density at radius 2 is 1.95 bits per heavy atom. The number of carboxylic acid groups (broad SMARTS) is 1. The highest BCUT2D eigenvalue weighted by atomic mass is 35.5. The van der Waals surface area contributed by atoms with E-state index in [1.165, 1.54) is 12.3 Å². The number of carbonyl (C=O) groups excluding carboxylic acids is 1. The zero-order chi connectivity index (χ0) is 15.4. The number of hydrogen-bond acceptors (Lipinski definition) is 3. The number of halogens is 1. The lowest BCUT2D eigenvalue weighted by Crippen LogP contribution is -2.15. The first-order valence-corrected chi connectivity index (χ1v) is 6.69. The molecule has 0 spiro atoms. The van der Waals surface area contributed by atoms with E-state index in [0.717, 1.165) is 0 Å². The summed E-state index contributed by atoms with van der Waals surface area (Å²) in [6.45, 7) is 1.83. The van der Waals surface area contributed by atoms with Gasteiger partial charge in [-0.15, -0.1) is 0 Å². The molecular formula is C15H13ClN2O3. The van der Waals surface area contributed by atoms with E-state index in [2.05, 4.69) is 10.3 Å². The highest BCUT2D eigenvalue weighted by molar-refractivity contribution is 6.33. The van der Waals surface area contributed by atoms with Gasteiger partial charge in [0.2, 0.25) is 0 Å². The van der Waals surface area contributed by atoms with Gasteiger partial charge in [-0.3, -0.25) is 4.79 Å². The number of hydrogen-bond donors (Lipinski definition) is 2. The highest BCUT2D eigenvalue weighted by Crippen LogP contribution is 2.22. The fraction of sp³-hybridized carbons (Fsp3) is 0.133. The topological polar surface area (TPSA) is 79.3 Å². The first-order valence-electron chi connectivity index (χ1n) is 6.31. The van der Waals surface area contributed by atoms with E-state index in [4.69, 9.17) is 11.6 Å². The van der Waals surface area contributed by atoms with Gasteiger partial charge in [0, 0.05) is 11.9 Å². The molecule has 1 aromatic carbocycles. The van der Waals surface area contributed by atoms with Crippen LogP contribution in [0.15, 0.2) is 36.5 Å². The minimum Gasteiger partial charge on any atom is -0.478 e. The van der Waals surface area contributed by atoms with E-state index in [0.29, 0.717) is 17.7 Å². The first kappa shape index (κ1) is 15.0. The number of aromatic nitrogens is 1. The van der Waals surface area contributed by atoms with E-state index in [-0.39, 0.29) is 16.3 Å². The van der Waals surface area contributed by atoms with Crippen LogP contribution in [0.5, 0.6) is 0 Å². The molecule has 108 valence electrons. The maximum atomic E-state index is 12.2. The van der Waals surface area contributed by atoms with E-state index >= 15 is 0 Å². The number of carbonyl (C=O) groups is 2. The molecule has 0 unspecified atom stereocenters. The van der Waals surface area contributed by atoms with Crippen LogP contribution >= 0.6 is 11.6 Å². The van der Waals surface area contributed by atoms with Crippen molar-refractivity contribution in [3.05, 3.63) is 58.4 Å². The molecule has 0 atom stereocenters. The van der Waals surface area contributed by atoms with Crippen molar-refractivity contribution in [3.63, 3.8) is 0 Å². The van der Waals surface area contributed by atoms with Crippen LogP contribution in [0.4, 0.5) is 5.69 Å². The summed E-state index contributed by atoms with van der Waals surface area (Å²) in [5.74, 6) is -1.45. The molecule has 0 aliphatic carbocycles. The maximum absolute atomic E-state index is 12.2. The van der Waals surface area contributed by atoms with Gasteiger partial charge in [0.1, 0.15) is 5.15 Å². The summed E-state index contributed by atoms with van der Waals surface area (Å²) in [5, 5.41) is 12.0. The quantitative estimate of drug-likeness (QED) is 0.850. The molecule has 0 radical (unpaired) electrons. The molecule has 1 amide bonds. The Labute approximate surface area is 126 Å². The van der Waals surface area contributed by atoms with Gasteiger partial charge >= 0.3 is 5.97 Å². The molecule has 21 heavy (non-hydrogen) atoms. The molecule has 6 heteroatoms. The molecule has 2 aromatic rings. The van der Waals surface area contributed by atoms with Gasteiger partial charge in [0.15, 0.2) is 0 Å². The Kier molecular flexibility index (Phi) is 4.55. The van der Waals surface area contributed by atoms with E-state index in [9.17, 15) is 14.7 Å². The monoisotopic (exact) mass is 304 g/mol. The summed E-state index contributed by atoms with van der Waals surface area (Å²) in [6.07, 6.45) is 1.97. The van der Waals surface area contributed by atoms with Gasteiger partial charge in [-0.1, -0.05) is 24.6 Å². The standard InChI is InChI=1S/C15H13ClN2O3/c1-2-9-10(15(20)21)5-3-7-12(9)18-14(19)11-6-4-8-17-13(11)16/h3-8H,2H2,1H3,(H,18,19)(H,20,21). The van der Waals surface area contributed by atoms with Crippen LogP contribution in [0.25, 0.3) is 0 Å². The average Bonchev–Trinajstić information content (AvgIpc) is 2.47. The predicted octanol–water partition coefficient (Wildman–Crippen LogP) is 3.25. The van der Waals surface area contributed by atoms with Crippen molar-refractivity contribution in [3.8, 4) is 0 Å². The number of pyridine rings is 1. The number of benzene rings is 1. The van der Waals surface area contributed by atoms with Gasteiger partial charge in [0.25, 0.3) is 5.91 Å². The zero-order valence-corrected chi connectivity index (χ0v) is 12.0. The molecule has 0 saturated heterocycles. The molecule has 0 fully saturated rings. The van der Waals surface area contributed by atoms with E-state index in [1.54, 1.807) is 24.3 Å². The van der Waals surface area contributed by atoms with Gasteiger partial charge in [0.05, 0.1) is 11.1 Å². The zero-order valence-electron chi connectivity index (χ0n) is 11.3. The van der Waals surface area contributed by atoms with Crippen LogP contribution in [0.3, 0.4) is 0 Å². The van der Waals surface area contributed by atoms with Crippen molar-refractivity contribution in [2.75, 3.05) is 5.32 Å². The Morgan fingerprint density at radius 3 is 2.57 bits per heavy atom. The fourth-order valence-electron chi connectivity index (χ4n) is 2.03. The summed E-state index contributed by atoms with van der Waals surface area (Å²) in [4.78, 5) is 27.2. The van der Waals surface area contributed by atoms with Crippen molar-refractivity contribution in [1.29, 1.82) is 0 Å². The Balaban J connectivity index is 2.36. The molecule has 0 aliphatic heterocycles. The smallest absolute Gasteiger partial charge is 0.336 e. The van der Waals surface area contributed by atoms with Crippen molar-refractivity contribution in [1.82, 2.24) is 4.98 Å². The van der Waals surface area contributed by atoms with Gasteiger partial charge < -0.3 is 10.4 Å². The number of nitrogens with zero attached hydrogens (tertiary/aromatic N) is 1. The molecule has 1 heterocycles. The molecule has 0 saturated carbocycles. The number of anilines is 1. The minimum absolute atomic E-state index is 0.0995. The van der Waals surface area contributed by atoms with Crippen molar-refractivity contribution in [2.24, 2.45) is 0 Å². The van der Waals surface area contributed by atoms with Crippen molar-refractivity contribution >= 4 is 29.2 Å². The molecule has 5 nitrogen and oxygen atoms in total. The molecular weight excluding hydrogens is 292 g/mol. The number of rotatable bonds is 4. The molecule has 0 aliphatic rings. The van der Waals surface area contributed by atoms with Crippen LogP contribution in [-0.4, -0.2) is 22.0 Å². The largest absolute Gasteiger partial charge is 0.478 e. The third-order valence-electron chi connectivity index (χ3n) is 3.01. The molecule has 2 N–H and O–H groups in total. The first-order chi connectivity index (χ1) is 10.0. The Bertz CT molecular complexity index is 701. The van der Waals surface area contributed by atoms with E-state index < -0.39 is 11.9 Å². The molecule has 0 bridgehead atoms.